The molecule has 1 atom stereocenters. The molecule has 1 N–H and O–H groups in total. The highest BCUT2D eigenvalue weighted by Gasteiger charge is 2.21. The number of ether oxygens (including phenoxy) is 1. The number of hydrogen-bond acceptors (Lipinski definition) is 4. The molecule has 3 rings (SSSR count). The second kappa shape index (κ2) is 7.79. The van der Waals surface area contributed by atoms with Crippen molar-refractivity contribution in [3.63, 3.8) is 0 Å². The number of carbonyl (C=O) groups is 1. The van der Waals surface area contributed by atoms with E-state index < -0.39 is 0 Å². The number of aromatic nitrogens is 2. The number of hydrogen-bond donors (Lipinski definition) is 1. The van der Waals surface area contributed by atoms with Crippen LogP contribution in [0.2, 0.25) is 0 Å². The Bertz CT molecular complexity index is 504. The molecule has 23 heavy (non-hydrogen) atoms. The van der Waals surface area contributed by atoms with Crippen LogP contribution in [-0.2, 0) is 11.3 Å². The topological polar surface area (TPSA) is 62.6 Å². The van der Waals surface area contributed by atoms with E-state index >= 15 is 0 Å². The smallest absolute Gasteiger partial charge is 0.322 e. The van der Waals surface area contributed by atoms with Crippen LogP contribution in [0.4, 0.5) is 10.5 Å². The molecular formula is C16H27N5O2. The SMILES string of the molecule is CCCN1CCN(C(=O)Nc2cnn(CC3CCCO3)c2)CC1. The summed E-state index contributed by atoms with van der Waals surface area (Å²) in [6.45, 7) is 8.40. The van der Waals surface area contributed by atoms with Crippen LogP contribution in [0, 0.1) is 0 Å². The average Bonchev–Trinajstić information content (AvgIpc) is 3.21. The first-order chi connectivity index (χ1) is 11.2. The number of anilines is 1. The first kappa shape index (κ1) is 16.3. The number of carbonyl (C=O) groups excluding carboxylic acids is 1. The normalized spacial score (nSPS) is 22.5. The molecule has 7 nitrogen and oxygen atoms in total. The van der Waals surface area contributed by atoms with E-state index in [0.717, 1.165) is 70.8 Å². The van der Waals surface area contributed by atoms with Gasteiger partial charge in [0.1, 0.15) is 0 Å². The molecule has 2 aliphatic heterocycles. The van der Waals surface area contributed by atoms with Gasteiger partial charge in [0.05, 0.1) is 24.5 Å². The zero-order chi connectivity index (χ0) is 16.1. The fraction of sp³-hybridized carbons (Fsp3) is 0.750. The molecule has 1 unspecified atom stereocenters. The van der Waals surface area contributed by atoms with Crippen molar-refractivity contribution in [2.24, 2.45) is 0 Å². The van der Waals surface area contributed by atoms with Crippen LogP contribution in [0.25, 0.3) is 0 Å². The molecule has 0 bridgehead atoms. The van der Waals surface area contributed by atoms with Gasteiger partial charge in [-0.25, -0.2) is 4.79 Å². The molecular weight excluding hydrogens is 294 g/mol. The van der Waals surface area contributed by atoms with Crippen molar-refractivity contribution < 1.29 is 9.53 Å². The van der Waals surface area contributed by atoms with Crippen molar-refractivity contribution in [3.05, 3.63) is 12.4 Å². The van der Waals surface area contributed by atoms with Crippen LogP contribution in [0.5, 0.6) is 0 Å². The lowest BCUT2D eigenvalue weighted by Crippen LogP contribution is -2.50. The molecule has 3 heterocycles. The number of nitrogens with one attached hydrogen (secondary N) is 1. The molecule has 0 aromatic carbocycles. The number of rotatable bonds is 5. The van der Waals surface area contributed by atoms with E-state index in [9.17, 15) is 4.79 Å². The van der Waals surface area contributed by atoms with Crippen LogP contribution in [0.1, 0.15) is 26.2 Å². The second-order valence-corrected chi connectivity index (χ2v) is 6.34. The summed E-state index contributed by atoms with van der Waals surface area (Å²) in [5, 5.41) is 7.26. The third-order valence-electron chi connectivity index (χ3n) is 4.50. The molecule has 0 radical (unpaired) electrons. The monoisotopic (exact) mass is 321 g/mol. The highest BCUT2D eigenvalue weighted by molar-refractivity contribution is 5.89. The molecule has 1 aromatic rings. The van der Waals surface area contributed by atoms with Crippen LogP contribution < -0.4 is 5.32 Å². The summed E-state index contributed by atoms with van der Waals surface area (Å²) in [6.07, 6.45) is 7.22. The lowest BCUT2D eigenvalue weighted by Gasteiger charge is -2.34. The van der Waals surface area contributed by atoms with E-state index in [1.165, 1.54) is 0 Å². The Balaban J connectivity index is 1.45. The van der Waals surface area contributed by atoms with E-state index in [0.29, 0.717) is 0 Å². The molecule has 2 fully saturated rings. The van der Waals surface area contributed by atoms with E-state index in [4.69, 9.17) is 4.74 Å². The number of nitrogens with zero attached hydrogens (tertiary/aromatic N) is 4. The Morgan fingerprint density at radius 1 is 1.39 bits per heavy atom. The largest absolute Gasteiger partial charge is 0.376 e. The predicted molar refractivity (Wildman–Crippen MR) is 88.5 cm³/mol. The number of amides is 2. The van der Waals surface area contributed by atoms with E-state index in [1.807, 2.05) is 15.8 Å². The predicted octanol–water partition coefficient (Wildman–Crippen LogP) is 1.62. The van der Waals surface area contributed by atoms with Gasteiger partial charge < -0.3 is 15.0 Å². The standard InChI is InChI=1S/C16H27N5O2/c1-2-5-19-6-8-20(9-7-19)16(22)18-14-11-17-21(12-14)13-15-4-3-10-23-15/h11-12,15H,2-10,13H2,1H3,(H,18,22). The third kappa shape index (κ3) is 4.45. The van der Waals surface area contributed by atoms with Crippen molar-refractivity contribution in [1.29, 1.82) is 0 Å². The minimum Gasteiger partial charge on any atom is -0.376 e. The zero-order valence-corrected chi connectivity index (χ0v) is 13.9. The summed E-state index contributed by atoms with van der Waals surface area (Å²) in [5.41, 5.74) is 0.754. The fourth-order valence-electron chi connectivity index (χ4n) is 3.22. The van der Waals surface area contributed by atoms with Gasteiger partial charge in [-0.1, -0.05) is 6.92 Å². The fourth-order valence-corrected chi connectivity index (χ4v) is 3.22. The maximum Gasteiger partial charge on any atom is 0.322 e. The number of piperazine rings is 1. The average molecular weight is 321 g/mol. The van der Waals surface area contributed by atoms with Crippen LogP contribution in [-0.4, -0.2) is 71.0 Å². The van der Waals surface area contributed by atoms with Gasteiger partial charge in [-0.3, -0.25) is 9.58 Å². The molecule has 2 aliphatic rings. The molecule has 2 saturated heterocycles. The van der Waals surface area contributed by atoms with Crippen LogP contribution in [0.15, 0.2) is 12.4 Å². The summed E-state index contributed by atoms with van der Waals surface area (Å²) >= 11 is 0. The quantitative estimate of drug-likeness (QED) is 0.895. The summed E-state index contributed by atoms with van der Waals surface area (Å²) in [6, 6.07) is -0.0298. The summed E-state index contributed by atoms with van der Waals surface area (Å²) in [5.74, 6) is 0. The molecule has 0 saturated carbocycles. The Labute approximate surface area is 137 Å². The highest BCUT2D eigenvalue weighted by atomic mass is 16.5. The Kier molecular flexibility index (Phi) is 5.51. The molecule has 2 amide bonds. The highest BCUT2D eigenvalue weighted by Crippen LogP contribution is 2.15. The Morgan fingerprint density at radius 3 is 2.91 bits per heavy atom. The maximum absolute atomic E-state index is 12.3. The van der Waals surface area contributed by atoms with E-state index in [2.05, 4.69) is 22.2 Å². The van der Waals surface area contributed by atoms with Crippen molar-refractivity contribution in [1.82, 2.24) is 19.6 Å². The maximum atomic E-state index is 12.3. The van der Waals surface area contributed by atoms with E-state index in [-0.39, 0.29) is 12.1 Å². The van der Waals surface area contributed by atoms with Crippen LogP contribution in [0.3, 0.4) is 0 Å². The molecule has 0 spiro atoms. The van der Waals surface area contributed by atoms with Crippen molar-refractivity contribution in [3.8, 4) is 0 Å². The number of urea groups is 1. The molecule has 0 aliphatic carbocycles. The molecule has 128 valence electrons. The Hall–Kier alpha value is -1.60. The first-order valence-corrected chi connectivity index (χ1v) is 8.67. The summed E-state index contributed by atoms with van der Waals surface area (Å²) < 4.78 is 7.46. The summed E-state index contributed by atoms with van der Waals surface area (Å²) in [7, 11) is 0. The third-order valence-corrected chi connectivity index (χ3v) is 4.50. The lowest BCUT2D eigenvalue weighted by atomic mass is 10.2. The van der Waals surface area contributed by atoms with Gasteiger partial charge in [0.25, 0.3) is 0 Å². The van der Waals surface area contributed by atoms with Crippen molar-refractivity contribution >= 4 is 11.7 Å². The lowest BCUT2D eigenvalue weighted by molar-refractivity contribution is 0.0940. The second-order valence-electron chi connectivity index (χ2n) is 6.34. The summed E-state index contributed by atoms with van der Waals surface area (Å²) in [4.78, 5) is 16.6. The zero-order valence-electron chi connectivity index (χ0n) is 13.9. The van der Waals surface area contributed by atoms with Crippen LogP contribution >= 0.6 is 0 Å². The van der Waals surface area contributed by atoms with Gasteiger partial charge in [-0.05, 0) is 25.8 Å². The van der Waals surface area contributed by atoms with E-state index in [1.54, 1.807) is 6.20 Å². The first-order valence-electron chi connectivity index (χ1n) is 8.67. The molecule has 7 heteroatoms. The van der Waals surface area contributed by atoms with Gasteiger partial charge in [0, 0.05) is 39.0 Å². The van der Waals surface area contributed by atoms with Gasteiger partial charge >= 0.3 is 6.03 Å². The van der Waals surface area contributed by atoms with Gasteiger partial charge in [-0.2, -0.15) is 5.10 Å². The van der Waals surface area contributed by atoms with Gasteiger partial charge in [0.2, 0.25) is 0 Å². The van der Waals surface area contributed by atoms with Gasteiger partial charge in [0.15, 0.2) is 0 Å². The minimum atomic E-state index is -0.0298. The van der Waals surface area contributed by atoms with Crippen molar-refractivity contribution in [2.45, 2.75) is 38.8 Å². The van der Waals surface area contributed by atoms with Crippen molar-refractivity contribution in [2.75, 3.05) is 44.6 Å². The minimum absolute atomic E-state index is 0.0298. The Morgan fingerprint density at radius 2 is 2.22 bits per heavy atom. The van der Waals surface area contributed by atoms with Gasteiger partial charge in [-0.15, -0.1) is 0 Å². The molecule has 1 aromatic heterocycles.